The Morgan fingerprint density at radius 2 is 2.29 bits per heavy atom. The van der Waals surface area contributed by atoms with Crippen LogP contribution >= 0.6 is 0 Å². The number of hydrogen-bond acceptors (Lipinski definition) is 2. The molecule has 78 valence electrons. The van der Waals surface area contributed by atoms with Crippen LogP contribution in [0.3, 0.4) is 0 Å². The predicted octanol–water partition coefficient (Wildman–Crippen LogP) is 0.904. The zero-order valence-electron chi connectivity index (χ0n) is 8.92. The Kier molecular flexibility index (Phi) is 2.23. The molecule has 0 saturated heterocycles. The van der Waals surface area contributed by atoms with Gasteiger partial charge in [-0.25, -0.2) is 0 Å². The number of nitrogens with zero attached hydrogens (tertiary/aromatic N) is 1. The first-order valence-corrected chi connectivity index (χ1v) is 5.10. The lowest BCUT2D eigenvalue weighted by molar-refractivity contribution is 0.442. The van der Waals surface area contributed by atoms with Gasteiger partial charge in [-0.3, -0.25) is 14.6 Å². The molecule has 2 rings (SSSR count). The number of H-pyrrole nitrogens is 1. The first-order valence-electron chi connectivity index (χ1n) is 5.10. The van der Waals surface area contributed by atoms with Gasteiger partial charge in [0.25, 0.3) is 5.56 Å². The minimum absolute atomic E-state index is 0.110. The van der Waals surface area contributed by atoms with Gasteiger partial charge < -0.3 is 5.32 Å². The molecule has 0 spiro atoms. The number of fused-ring (bicyclic) bond motifs is 1. The summed E-state index contributed by atoms with van der Waals surface area (Å²) >= 11 is 0. The van der Waals surface area contributed by atoms with E-state index < -0.39 is 0 Å². The number of aromatic nitrogens is 2. The highest BCUT2D eigenvalue weighted by Crippen LogP contribution is 2.26. The highest BCUT2D eigenvalue weighted by Gasteiger charge is 2.27. The Morgan fingerprint density at radius 3 is 2.93 bits per heavy atom. The molecule has 0 aliphatic carbocycles. The Hall–Kier alpha value is -1.03. The second kappa shape index (κ2) is 3.28. The Morgan fingerprint density at radius 1 is 1.57 bits per heavy atom. The molecule has 0 saturated carbocycles. The van der Waals surface area contributed by atoms with Gasteiger partial charge in [-0.1, -0.05) is 13.8 Å². The molecule has 2 N–H and O–H groups in total. The molecule has 0 bridgehead atoms. The predicted molar refractivity (Wildman–Crippen MR) is 55.1 cm³/mol. The first kappa shape index (κ1) is 9.52. The van der Waals surface area contributed by atoms with E-state index in [-0.39, 0.29) is 5.56 Å². The van der Waals surface area contributed by atoms with Crippen LogP contribution in [0.2, 0.25) is 0 Å². The van der Waals surface area contributed by atoms with Crippen molar-refractivity contribution in [3.8, 4) is 0 Å². The van der Waals surface area contributed by atoms with Gasteiger partial charge in [-0.2, -0.15) is 0 Å². The lowest BCUT2D eigenvalue weighted by atomic mass is 10.0. The number of hydrogen-bond donors (Lipinski definition) is 2. The molecular weight excluding hydrogens is 178 g/mol. The van der Waals surface area contributed by atoms with E-state index in [0.717, 1.165) is 17.7 Å². The summed E-state index contributed by atoms with van der Waals surface area (Å²) in [5.74, 6) is 0.641. The average molecular weight is 195 g/mol. The van der Waals surface area contributed by atoms with Gasteiger partial charge in [-0.05, 0) is 12.3 Å². The minimum Gasteiger partial charge on any atom is -0.304 e. The number of aromatic amines is 1. The van der Waals surface area contributed by atoms with Crippen LogP contribution in [0, 0.1) is 5.92 Å². The van der Waals surface area contributed by atoms with Crippen molar-refractivity contribution in [2.75, 3.05) is 0 Å². The molecule has 1 aromatic heterocycles. The van der Waals surface area contributed by atoms with Crippen LogP contribution < -0.4 is 10.9 Å². The largest absolute Gasteiger partial charge is 0.304 e. The van der Waals surface area contributed by atoms with E-state index in [2.05, 4.69) is 24.3 Å². The third-order valence-corrected chi connectivity index (χ3v) is 2.76. The smallest absolute Gasteiger partial charge is 0.271 e. The van der Waals surface area contributed by atoms with Crippen molar-refractivity contribution in [1.82, 2.24) is 15.1 Å². The molecule has 4 heteroatoms. The molecular formula is C10H17N3O. The molecule has 0 aromatic carbocycles. The lowest BCUT2D eigenvalue weighted by Gasteiger charge is -2.13. The molecule has 14 heavy (non-hydrogen) atoms. The molecule has 1 atom stereocenters. The van der Waals surface area contributed by atoms with Gasteiger partial charge in [0, 0.05) is 19.6 Å². The van der Waals surface area contributed by atoms with Crippen LogP contribution in [-0.2, 0) is 13.6 Å². The maximum Gasteiger partial charge on any atom is 0.271 e. The average Bonchev–Trinajstić information content (AvgIpc) is 2.57. The van der Waals surface area contributed by atoms with Crippen molar-refractivity contribution in [2.45, 2.75) is 32.9 Å². The standard InChI is InChI=1S/C10H17N3O/c1-6(2)4-8-9-7(5-11-8)10(14)13(3)12-9/h6,8,11-12H,4-5H2,1-3H3. The van der Waals surface area contributed by atoms with Crippen LogP contribution in [0.25, 0.3) is 0 Å². The van der Waals surface area contributed by atoms with Crippen LogP contribution in [-0.4, -0.2) is 9.78 Å². The van der Waals surface area contributed by atoms with E-state index in [0.29, 0.717) is 18.5 Å². The molecule has 1 unspecified atom stereocenters. The van der Waals surface area contributed by atoms with E-state index in [1.807, 2.05) is 0 Å². The third kappa shape index (κ3) is 1.39. The highest BCUT2D eigenvalue weighted by atomic mass is 16.1. The summed E-state index contributed by atoms with van der Waals surface area (Å²) in [7, 11) is 1.77. The molecule has 2 heterocycles. The van der Waals surface area contributed by atoms with Crippen LogP contribution in [0.4, 0.5) is 0 Å². The minimum atomic E-state index is 0.110. The Labute approximate surface area is 83.3 Å². The summed E-state index contributed by atoms with van der Waals surface area (Å²) < 4.78 is 1.57. The summed E-state index contributed by atoms with van der Waals surface area (Å²) in [6, 6.07) is 0.332. The van der Waals surface area contributed by atoms with Crippen LogP contribution in [0.5, 0.6) is 0 Å². The lowest BCUT2D eigenvalue weighted by Crippen LogP contribution is -2.20. The second-order valence-electron chi connectivity index (χ2n) is 4.43. The molecule has 4 nitrogen and oxygen atoms in total. The van der Waals surface area contributed by atoms with Gasteiger partial charge >= 0.3 is 0 Å². The Bertz CT molecular complexity index is 389. The SMILES string of the molecule is CC(C)CC1NCc2c1[nH]n(C)c2=O. The molecule has 1 aromatic rings. The quantitative estimate of drug-likeness (QED) is 0.736. The van der Waals surface area contributed by atoms with Crippen molar-refractivity contribution in [2.24, 2.45) is 13.0 Å². The maximum atomic E-state index is 11.6. The van der Waals surface area contributed by atoms with E-state index in [9.17, 15) is 4.79 Å². The van der Waals surface area contributed by atoms with Gasteiger partial charge in [0.15, 0.2) is 0 Å². The summed E-state index contributed by atoms with van der Waals surface area (Å²) in [6.45, 7) is 5.10. The first-order chi connectivity index (χ1) is 6.59. The summed E-state index contributed by atoms with van der Waals surface area (Å²) in [5, 5.41) is 6.48. The summed E-state index contributed by atoms with van der Waals surface area (Å²) in [5.41, 5.74) is 2.11. The van der Waals surface area contributed by atoms with E-state index in [1.165, 1.54) is 0 Å². The summed E-state index contributed by atoms with van der Waals surface area (Å²) in [6.07, 6.45) is 1.08. The van der Waals surface area contributed by atoms with E-state index >= 15 is 0 Å². The highest BCUT2D eigenvalue weighted by molar-refractivity contribution is 5.25. The molecule has 0 fully saturated rings. The monoisotopic (exact) mass is 195 g/mol. The van der Waals surface area contributed by atoms with Crippen molar-refractivity contribution < 1.29 is 0 Å². The van der Waals surface area contributed by atoms with Gasteiger partial charge in [0.1, 0.15) is 0 Å². The zero-order chi connectivity index (χ0) is 10.3. The number of rotatable bonds is 2. The molecule has 1 aliphatic rings. The van der Waals surface area contributed by atoms with Gasteiger partial charge in [0.2, 0.25) is 0 Å². The van der Waals surface area contributed by atoms with Crippen molar-refractivity contribution in [3.63, 3.8) is 0 Å². The van der Waals surface area contributed by atoms with E-state index in [1.54, 1.807) is 11.7 Å². The summed E-state index contributed by atoms with van der Waals surface area (Å²) in [4.78, 5) is 11.6. The van der Waals surface area contributed by atoms with Gasteiger partial charge in [-0.15, -0.1) is 0 Å². The molecule has 1 aliphatic heterocycles. The number of nitrogens with one attached hydrogen (secondary N) is 2. The maximum absolute atomic E-state index is 11.6. The third-order valence-electron chi connectivity index (χ3n) is 2.76. The molecule has 0 amide bonds. The second-order valence-corrected chi connectivity index (χ2v) is 4.43. The Balaban J connectivity index is 2.30. The van der Waals surface area contributed by atoms with Crippen molar-refractivity contribution in [1.29, 1.82) is 0 Å². The van der Waals surface area contributed by atoms with Crippen molar-refractivity contribution >= 4 is 0 Å². The van der Waals surface area contributed by atoms with Crippen LogP contribution in [0.15, 0.2) is 4.79 Å². The molecule has 0 radical (unpaired) electrons. The van der Waals surface area contributed by atoms with E-state index in [4.69, 9.17) is 0 Å². The fraction of sp³-hybridized carbons (Fsp3) is 0.700. The van der Waals surface area contributed by atoms with Crippen molar-refractivity contribution in [3.05, 3.63) is 21.6 Å². The topological polar surface area (TPSA) is 49.8 Å². The fourth-order valence-electron chi connectivity index (χ4n) is 2.08. The normalized spacial score (nSPS) is 20.4. The fourth-order valence-corrected chi connectivity index (χ4v) is 2.08. The zero-order valence-corrected chi connectivity index (χ0v) is 8.92. The van der Waals surface area contributed by atoms with Gasteiger partial charge in [0.05, 0.1) is 11.3 Å². The van der Waals surface area contributed by atoms with Crippen LogP contribution in [0.1, 0.15) is 37.6 Å². The number of aryl methyl sites for hydroxylation is 1.